The van der Waals surface area contributed by atoms with Gasteiger partial charge in [-0.15, -0.1) is 0 Å². The number of amides is 2. The van der Waals surface area contributed by atoms with Crippen molar-refractivity contribution in [2.24, 2.45) is 11.7 Å². The molecular weight excluding hydrogens is 414 g/mol. The maximum Gasteiger partial charge on any atom is 0.264 e. The summed E-state index contributed by atoms with van der Waals surface area (Å²) in [5.74, 6) is -0.0668. The van der Waals surface area contributed by atoms with Gasteiger partial charge in [0.25, 0.3) is 5.91 Å². The Morgan fingerprint density at radius 2 is 1.76 bits per heavy atom. The van der Waals surface area contributed by atoms with Gasteiger partial charge in [0.1, 0.15) is 11.6 Å². The maximum absolute atomic E-state index is 13.1. The fraction of sp³-hybridized carbons (Fsp3) is 0.423. The van der Waals surface area contributed by atoms with Crippen molar-refractivity contribution < 1.29 is 9.59 Å². The third kappa shape index (κ3) is 5.64. The van der Waals surface area contributed by atoms with Crippen LogP contribution in [-0.2, 0) is 11.3 Å². The fourth-order valence-electron chi connectivity index (χ4n) is 4.18. The van der Waals surface area contributed by atoms with Gasteiger partial charge in [-0.3, -0.25) is 9.59 Å². The highest BCUT2D eigenvalue weighted by atomic mass is 16.2. The summed E-state index contributed by atoms with van der Waals surface area (Å²) in [6.07, 6.45) is 2.81. The average molecular weight is 448 g/mol. The molecule has 0 bridgehead atoms. The Balaban J connectivity index is 1.68. The third-order valence-corrected chi connectivity index (χ3v) is 6.28. The zero-order chi connectivity index (χ0) is 24.1. The molecule has 2 aromatic rings. The molecule has 0 radical (unpaired) electrons. The van der Waals surface area contributed by atoms with E-state index in [9.17, 15) is 14.9 Å². The lowest BCUT2D eigenvalue weighted by molar-refractivity contribution is -0.126. The number of anilines is 1. The lowest BCUT2D eigenvalue weighted by atomic mass is 10.1. The zero-order valence-electron chi connectivity index (χ0n) is 20.0. The number of piperazine rings is 1. The van der Waals surface area contributed by atoms with Gasteiger partial charge in [-0.05, 0) is 68.2 Å². The Morgan fingerprint density at radius 1 is 1.12 bits per heavy atom. The second kappa shape index (κ2) is 10.4. The Morgan fingerprint density at radius 3 is 2.30 bits per heavy atom. The highest BCUT2D eigenvalue weighted by Crippen LogP contribution is 2.22. The molecule has 2 heterocycles. The third-order valence-electron chi connectivity index (χ3n) is 6.28. The summed E-state index contributed by atoms with van der Waals surface area (Å²) in [7, 11) is 0. The Kier molecular flexibility index (Phi) is 7.59. The van der Waals surface area contributed by atoms with Crippen molar-refractivity contribution in [3.05, 3.63) is 58.4 Å². The topological polar surface area (TPSA) is 95.4 Å². The molecule has 0 unspecified atom stereocenters. The van der Waals surface area contributed by atoms with Crippen LogP contribution in [0, 0.1) is 31.1 Å². The first kappa shape index (κ1) is 24.1. The molecule has 1 aliphatic rings. The van der Waals surface area contributed by atoms with Gasteiger partial charge in [0, 0.05) is 55.4 Å². The number of carbonyl (C=O) groups excluding carboxylic acids is 2. The van der Waals surface area contributed by atoms with Gasteiger partial charge in [-0.1, -0.05) is 13.8 Å². The van der Waals surface area contributed by atoms with E-state index in [4.69, 9.17) is 5.73 Å². The zero-order valence-corrected chi connectivity index (χ0v) is 20.0. The van der Waals surface area contributed by atoms with Crippen LogP contribution in [0.4, 0.5) is 5.69 Å². The van der Waals surface area contributed by atoms with Gasteiger partial charge < -0.3 is 20.1 Å². The molecule has 0 aliphatic carbocycles. The van der Waals surface area contributed by atoms with E-state index in [1.807, 2.05) is 25.1 Å². The molecule has 1 saturated heterocycles. The fourth-order valence-corrected chi connectivity index (χ4v) is 4.18. The molecule has 7 heteroatoms. The first-order chi connectivity index (χ1) is 15.7. The number of hydrogen-bond donors (Lipinski definition) is 1. The molecule has 2 amide bonds. The molecule has 0 atom stereocenters. The maximum atomic E-state index is 13.1. The van der Waals surface area contributed by atoms with E-state index < -0.39 is 5.91 Å². The van der Waals surface area contributed by atoms with E-state index in [1.54, 1.807) is 23.1 Å². The highest BCUT2D eigenvalue weighted by Gasteiger charge is 2.24. The minimum absolute atomic E-state index is 0.165. The van der Waals surface area contributed by atoms with Gasteiger partial charge in [0.15, 0.2) is 0 Å². The SMILES string of the molecule is Cc1cc(/C=C(/C#N)C(=O)N2CCN(c3ccc(C(N)=O)cc3)CC2)c(C)n1CCC(C)C. The van der Waals surface area contributed by atoms with E-state index in [0.717, 1.165) is 35.6 Å². The largest absolute Gasteiger partial charge is 0.368 e. The summed E-state index contributed by atoms with van der Waals surface area (Å²) in [5.41, 5.74) is 10.1. The number of nitriles is 1. The molecule has 0 spiro atoms. The van der Waals surface area contributed by atoms with Crippen molar-refractivity contribution in [3.63, 3.8) is 0 Å². The molecule has 7 nitrogen and oxygen atoms in total. The van der Waals surface area contributed by atoms with Crippen LogP contribution in [0.2, 0.25) is 0 Å². The van der Waals surface area contributed by atoms with Crippen LogP contribution in [0.3, 0.4) is 0 Å². The summed E-state index contributed by atoms with van der Waals surface area (Å²) >= 11 is 0. The second-order valence-electron chi connectivity index (χ2n) is 9.02. The van der Waals surface area contributed by atoms with Crippen molar-refractivity contribution in [1.29, 1.82) is 5.26 Å². The molecule has 174 valence electrons. The van der Waals surface area contributed by atoms with Crippen molar-refractivity contribution in [2.45, 2.75) is 40.7 Å². The van der Waals surface area contributed by atoms with Crippen molar-refractivity contribution in [1.82, 2.24) is 9.47 Å². The first-order valence-corrected chi connectivity index (χ1v) is 11.4. The van der Waals surface area contributed by atoms with Crippen LogP contribution in [0.15, 0.2) is 35.9 Å². The second-order valence-corrected chi connectivity index (χ2v) is 9.02. The molecule has 1 aromatic carbocycles. The van der Waals surface area contributed by atoms with Gasteiger partial charge in [0.2, 0.25) is 5.91 Å². The number of nitrogens with two attached hydrogens (primary N) is 1. The predicted octanol–water partition coefficient (Wildman–Crippen LogP) is 3.51. The number of primary amides is 1. The predicted molar refractivity (Wildman–Crippen MR) is 131 cm³/mol. The number of rotatable bonds is 7. The molecule has 33 heavy (non-hydrogen) atoms. The van der Waals surface area contributed by atoms with E-state index in [-0.39, 0.29) is 11.5 Å². The number of hydrogen-bond acceptors (Lipinski definition) is 4. The first-order valence-electron chi connectivity index (χ1n) is 11.4. The average Bonchev–Trinajstić information content (AvgIpc) is 3.07. The minimum atomic E-state index is -0.450. The van der Waals surface area contributed by atoms with Gasteiger partial charge in [-0.2, -0.15) is 5.26 Å². The highest BCUT2D eigenvalue weighted by molar-refractivity contribution is 6.02. The number of aryl methyl sites for hydroxylation is 1. The summed E-state index contributed by atoms with van der Waals surface area (Å²) in [5, 5.41) is 9.71. The lowest BCUT2D eigenvalue weighted by Gasteiger charge is -2.36. The van der Waals surface area contributed by atoms with Crippen molar-refractivity contribution >= 4 is 23.6 Å². The van der Waals surface area contributed by atoms with E-state index in [0.29, 0.717) is 37.7 Å². The van der Waals surface area contributed by atoms with Crippen LogP contribution in [0.5, 0.6) is 0 Å². The summed E-state index contributed by atoms with van der Waals surface area (Å²) < 4.78 is 2.26. The molecule has 0 saturated carbocycles. The van der Waals surface area contributed by atoms with E-state index in [1.165, 1.54) is 0 Å². The summed E-state index contributed by atoms with van der Waals surface area (Å²) in [6, 6.07) is 11.3. The van der Waals surface area contributed by atoms with Crippen molar-refractivity contribution in [2.75, 3.05) is 31.1 Å². The number of carbonyl (C=O) groups is 2. The molecule has 3 rings (SSSR count). The molecule has 1 aromatic heterocycles. The van der Waals surface area contributed by atoms with Gasteiger partial charge >= 0.3 is 0 Å². The van der Waals surface area contributed by atoms with E-state index in [2.05, 4.69) is 36.3 Å². The van der Waals surface area contributed by atoms with Crippen LogP contribution in [0.25, 0.3) is 6.08 Å². The van der Waals surface area contributed by atoms with Crippen LogP contribution < -0.4 is 10.6 Å². The quantitative estimate of drug-likeness (QED) is 0.519. The normalized spacial score (nSPS) is 14.5. The smallest absolute Gasteiger partial charge is 0.264 e. The standard InChI is InChI=1S/C26H33N5O2/c1-18(2)9-10-31-19(3)15-22(20(31)4)16-23(17-27)26(33)30-13-11-29(12-14-30)24-7-5-21(6-8-24)25(28)32/h5-8,15-16,18H,9-14H2,1-4H3,(H2,28,32)/b23-16-. The number of nitrogens with zero attached hydrogens (tertiary/aromatic N) is 4. The van der Waals surface area contributed by atoms with Crippen LogP contribution >= 0.6 is 0 Å². The van der Waals surface area contributed by atoms with Gasteiger partial charge in [0.05, 0.1) is 0 Å². The molecule has 1 aliphatic heterocycles. The van der Waals surface area contributed by atoms with Crippen LogP contribution in [-0.4, -0.2) is 47.5 Å². The van der Waals surface area contributed by atoms with Gasteiger partial charge in [-0.25, -0.2) is 0 Å². The lowest BCUT2D eigenvalue weighted by Crippen LogP contribution is -2.49. The molecule has 2 N–H and O–H groups in total. The summed E-state index contributed by atoms with van der Waals surface area (Å²) in [4.78, 5) is 28.2. The summed E-state index contributed by atoms with van der Waals surface area (Å²) in [6.45, 7) is 11.8. The monoisotopic (exact) mass is 447 g/mol. The van der Waals surface area contributed by atoms with E-state index >= 15 is 0 Å². The van der Waals surface area contributed by atoms with Crippen molar-refractivity contribution in [3.8, 4) is 6.07 Å². The molecule has 1 fully saturated rings. The van der Waals surface area contributed by atoms with Crippen LogP contribution in [0.1, 0.15) is 47.6 Å². The minimum Gasteiger partial charge on any atom is -0.368 e. The Hall–Kier alpha value is -3.53. The Bertz CT molecular complexity index is 1080. The number of benzene rings is 1. The number of aromatic nitrogens is 1. The Labute approximate surface area is 196 Å². The molecular formula is C26H33N5O2.